The van der Waals surface area contributed by atoms with Gasteiger partial charge in [-0.05, 0) is 75.8 Å². The molecule has 2 fully saturated rings. The Morgan fingerprint density at radius 1 is 1.18 bits per heavy atom. The van der Waals surface area contributed by atoms with Gasteiger partial charge < -0.3 is 24.2 Å². The molecule has 1 aromatic carbocycles. The zero-order valence-electron chi connectivity index (χ0n) is 22.8. The molecule has 0 aliphatic carbocycles. The second-order valence-electron chi connectivity index (χ2n) is 10.8. The van der Waals surface area contributed by atoms with Crippen LogP contribution in [0, 0.1) is 0 Å². The monoisotopic (exact) mass is 543 g/mol. The van der Waals surface area contributed by atoms with Crippen LogP contribution in [-0.4, -0.2) is 48.1 Å². The molecule has 3 heterocycles. The molecule has 0 spiro atoms. The highest BCUT2D eigenvalue weighted by atomic mass is 32.1. The highest BCUT2D eigenvalue weighted by molar-refractivity contribution is 7.13. The molecule has 208 valence electrons. The third-order valence-corrected chi connectivity index (χ3v) is 8.38. The van der Waals surface area contributed by atoms with E-state index >= 15 is 0 Å². The number of anilines is 1. The van der Waals surface area contributed by atoms with Gasteiger partial charge in [0.1, 0.15) is 17.6 Å². The molecule has 2 aromatic rings. The number of aliphatic hydroxyl groups is 1. The molecule has 8 heteroatoms. The molecule has 2 aliphatic heterocycles. The molecule has 4 rings (SSSR count). The first kappa shape index (κ1) is 28.7. The Morgan fingerprint density at radius 3 is 2.68 bits per heavy atom. The number of hydrogen-bond acceptors (Lipinski definition) is 7. The molecular weight excluding hydrogens is 502 g/mol. The van der Waals surface area contributed by atoms with Crippen molar-refractivity contribution in [3.05, 3.63) is 51.7 Å². The highest BCUT2D eigenvalue weighted by Gasteiger charge is 2.34. The number of aryl methyl sites for hydroxylation is 1. The molecule has 3 atom stereocenters. The third kappa shape index (κ3) is 7.65. The summed E-state index contributed by atoms with van der Waals surface area (Å²) >= 11 is 1.46. The average Bonchev–Trinajstić information content (AvgIpc) is 3.61. The summed E-state index contributed by atoms with van der Waals surface area (Å²) in [5.74, 6) is -0.805. The Hall–Kier alpha value is -2.26. The van der Waals surface area contributed by atoms with Gasteiger partial charge in [0.05, 0.1) is 12.7 Å². The fraction of sp³-hybridized carbons (Fsp3) is 0.600. The van der Waals surface area contributed by atoms with Crippen LogP contribution in [0.15, 0.2) is 36.4 Å². The number of hydrogen-bond donors (Lipinski definition) is 1. The van der Waals surface area contributed by atoms with E-state index in [1.807, 2.05) is 55.1 Å². The van der Waals surface area contributed by atoms with Crippen LogP contribution in [0.25, 0.3) is 0 Å². The van der Waals surface area contributed by atoms with Crippen molar-refractivity contribution in [1.29, 1.82) is 0 Å². The quantitative estimate of drug-likeness (QED) is 0.240. The number of unbranched alkanes of at least 4 members (excludes halogenated alkanes) is 2. The molecule has 2 aliphatic rings. The van der Waals surface area contributed by atoms with Gasteiger partial charge in [0.15, 0.2) is 5.79 Å². The summed E-state index contributed by atoms with van der Waals surface area (Å²) in [7, 11) is 0. The first-order valence-corrected chi connectivity index (χ1v) is 14.7. The SMILES string of the molecule is CCCCC[C@H](O)c1ccc(N2C(=O)CC[C@@H]2CCCc2ccc(C(=O)OC[C@@H]3COC(C)(C)O3)s2)cc1. The molecule has 0 saturated carbocycles. The van der Waals surface area contributed by atoms with Crippen molar-refractivity contribution in [3.8, 4) is 0 Å². The van der Waals surface area contributed by atoms with Crippen LogP contribution in [0.1, 0.15) is 98.4 Å². The number of esters is 1. The Balaban J connectivity index is 1.24. The molecule has 0 unspecified atom stereocenters. The smallest absolute Gasteiger partial charge is 0.348 e. The zero-order chi connectivity index (χ0) is 27.1. The van der Waals surface area contributed by atoms with Crippen molar-refractivity contribution in [1.82, 2.24) is 0 Å². The largest absolute Gasteiger partial charge is 0.459 e. The van der Waals surface area contributed by atoms with Crippen molar-refractivity contribution < 1.29 is 28.9 Å². The zero-order valence-corrected chi connectivity index (χ0v) is 23.6. The van der Waals surface area contributed by atoms with Gasteiger partial charge in [-0.3, -0.25) is 4.79 Å². The highest BCUT2D eigenvalue weighted by Crippen LogP contribution is 2.32. The number of amides is 1. The summed E-state index contributed by atoms with van der Waals surface area (Å²) in [6.45, 7) is 6.45. The minimum Gasteiger partial charge on any atom is -0.459 e. The van der Waals surface area contributed by atoms with E-state index in [0.29, 0.717) is 17.9 Å². The lowest BCUT2D eigenvalue weighted by Crippen LogP contribution is -2.32. The fourth-order valence-corrected chi connectivity index (χ4v) is 6.15. The first-order valence-electron chi connectivity index (χ1n) is 13.9. The number of aliphatic hydroxyl groups excluding tert-OH is 1. The predicted octanol–water partition coefficient (Wildman–Crippen LogP) is 6.19. The van der Waals surface area contributed by atoms with Crippen LogP contribution in [-0.2, 0) is 25.4 Å². The van der Waals surface area contributed by atoms with Gasteiger partial charge in [0.2, 0.25) is 5.91 Å². The lowest BCUT2D eigenvalue weighted by molar-refractivity contribution is -0.142. The van der Waals surface area contributed by atoms with Crippen molar-refractivity contribution in [2.75, 3.05) is 18.1 Å². The maximum Gasteiger partial charge on any atom is 0.348 e. The molecule has 1 aromatic heterocycles. The van der Waals surface area contributed by atoms with Gasteiger partial charge in [0, 0.05) is 23.0 Å². The van der Waals surface area contributed by atoms with Crippen molar-refractivity contribution in [3.63, 3.8) is 0 Å². The number of nitrogens with zero attached hydrogens (tertiary/aromatic N) is 1. The van der Waals surface area contributed by atoms with Gasteiger partial charge in [-0.15, -0.1) is 11.3 Å². The summed E-state index contributed by atoms with van der Waals surface area (Å²) in [6.07, 6.45) is 7.46. The number of carbonyl (C=O) groups is 2. The van der Waals surface area contributed by atoms with E-state index in [4.69, 9.17) is 14.2 Å². The molecule has 0 radical (unpaired) electrons. The summed E-state index contributed by atoms with van der Waals surface area (Å²) < 4.78 is 16.6. The van der Waals surface area contributed by atoms with Gasteiger partial charge in [-0.1, -0.05) is 38.3 Å². The maximum absolute atomic E-state index is 12.7. The second-order valence-corrected chi connectivity index (χ2v) is 11.9. The van der Waals surface area contributed by atoms with Gasteiger partial charge in [-0.2, -0.15) is 0 Å². The van der Waals surface area contributed by atoms with Crippen LogP contribution < -0.4 is 4.90 Å². The third-order valence-electron chi connectivity index (χ3n) is 7.25. The van der Waals surface area contributed by atoms with Crippen molar-refractivity contribution >= 4 is 28.9 Å². The minimum absolute atomic E-state index is 0.160. The van der Waals surface area contributed by atoms with Gasteiger partial charge in [-0.25, -0.2) is 4.79 Å². The van der Waals surface area contributed by atoms with E-state index < -0.39 is 11.9 Å². The molecule has 1 N–H and O–H groups in total. The average molecular weight is 544 g/mol. The maximum atomic E-state index is 12.7. The molecular formula is C30H41NO6S. The van der Waals surface area contributed by atoms with E-state index in [1.165, 1.54) is 11.3 Å². The van der Waals surface area contributed by atoms with Crippen LogP contribution in [0.2, 0.25) is 0 Å². The van der Waals surface area contributed by atoms with Crippen molar-refractivity contribution in [2.24, 2.45) is 0 Å². The molecule has 0 bridgehead atoms. The lowest BCUT2D eigenvalue weighted by atomic mass is 10.0. The molecule has 2 saturated heterocycles. The van der Waals surface area contributed by atoms with E-state index in [-0.39, 0.29) is 30.6 Å². The summed E-state index contributed by atoms with van der Waals surface area (Å²) in [5.41, 5.74) is 1.82. The summed E-state index contributed by atoms with van der Waals surface area (Å²) in [6, 6.07) is 11.8. The predicted molar refractivity (Wildman–Crippen MR) is 148 cm³/mol. The topological polar surface area (TPSA) is 85.3 Å². The summed E-state index contributed by atoms with van der Waals surface area (Å²) in [4.78, 5) is 28.8. The molecule has 38 heavy (non-hydrogen) atoms. The second kappa shape index (κ2) is 13.2. The van der Waals surface area contributed by atoms with E-state index in [1.54, 1.807) is 0 Å². The van der Waals surface area contributed by atoms with E-state index in [2.05, 4.69) is 6.92 Å². The Kier molecular flexibility index (Phi) is 9.98. The molecule has 1 amide bonds. The Labute approximate surface area is 230 Å². The van der Waals surface area contributed by atoms with Crippen LogP contribution in [0.3, 0.4) is 0 Å². The number of benzene rings is 1. The first-order chi connectivity index (χ1) is 18.3. The van der Waals surface area contributed by atoms with E-state index in [0.717, 1.165) is 67.5 Å². The normalized spacial score (nSPS) is 21.7. The lowest BCUT2D eigenvalue weighted by Gasteiger charge is -2.25. The van der Waals surface area contributed by atoms with E-state index in [9.17, 15) is 14.7 Å². The number of thiophene rings is 1. The minimum atomic E-state index is -0.632. The van der Waals surface area contributed by atoms with Crippen LogP contribution >= 0.6 is 11.3 Å². The summed E-state index contributed by atoms with van der Waals surface area (Å²) in [5, 5.41) is 10.4. The van der Waals surface area contributed by atoms with Crippen molar-refractivity contribution in [2.45, 2.75) is 103 Å². The van der Waals surface area contributed by atoms with Crippen LogP contribution in [0.5, 0.6) is 0 Å². The number of ether oxygens (including phenoxy) is 3. The Bertz CT molecular complexity index is 1060. The fourth-order valence-electron chi connectivity index (χ4n) is 5.20. The Morgan fingerprint density at radius 2 is 1.97 bits per heavy atom. The number of rotatable bonds is 13. The number of carbonyl (C=O) groups excluding carboxylic acids is 2. The standard InChI is InChI=1S/C30H41NO6S/c1-4-5-6-10-26(32)21-11-13-23(14-12-21)31-22(15-18-28(31)33)8-7-9-25-16-17-27(38-25)29(34)35-19-24-20-36-30(2,3)37-24/h11-14,16-17,22,24,26,32H,4-10,15,18-20H2,1-3H3/t22-,24+,26-/m0/s1. The molecule has 7 nitrogen and oxygen atoms in total. The van der Waals surface area contributed by atoms with Gasteiger partial charge in [0.25, 0.3) is 0 Å². The van der Waals surface area contributed by atoms with Crippen LogP contribution in [0.4, 0.5) is 5.69 Å². The van der Waals surface area contributed by atoms with Gasteiger partial charge >= 0.3 is 5.97 Å².